The van der Waals surface area contributed by atoms with E-state index in [1.165, 1.54) is 6.92 Å². The number of rotatable bonds is 13. The number of carboxylic acids is 1. The summed E-state index contributed by atoms with van der Waals surface area (Å²) in [6.45, 7) is 2.34. The minimum absolute atomic E-state index is 0.0650. The number of nitrogens with one attached hydrogen (secondary N) is 4. The molecule has 4 amide bonds. The number of aromatic nitrogens is 1. The van der Waals surface area contributed by atoms with Crippen LogP contribution in [0, 0.1) is 0 Å². The average Bonchev–Trinajstić information content (AvgIpc) is 3.21. The largest absolute Gasteiger partial charge is 0.480 e. The summed E-state index contributed by atoms with van der Waals surface area (Å²) in [6, 6.07) is 1.22. The number of hydrogen-bond acceptors (Lipinski definition) is 8. The number of amides is 4. The van der Waals surface area contributed by atoms with Gasteiger partial charge in [-0.25, -0.2) is 4.79 Å². The van der Waals surface area contributed by atoms with Crippen LogP contribution in [-0.4, -0.2) is 86.3 Å². The van der Waals surface area contributed by atoms with Crippen molar-refractivity contribution in [2.75, 3.05) is 0 Å². The quantitative estimate of drug-likeness (QED) is 0.132. The number of hydrogen-bond donors (Lipinski definition) is 9. The highest BCUT2D eigenvalue weighted by atomic mass is 16.4. The number of H-pyrrole nitrogens is 1. The van der Waals surface area contributed by atoms with E-state index in [2.05, 4.69) is 20.9 Å². The number of primary amides is 1. The Morgan fingerprint density at radius 3 is 2.08 bits per heavy atom. The zero-order valence-corrected chi connectivity index (χ0v) is 20.3. The van der Waals surface area contributed by atoms with Gasteiger partial charge in [0.15, 0.2) is 6.04 Å². The van der Waals surface area contributed by atoms with Crippen molar-refractivity contribution >= 4 is 40.5 Å². The van der Waals surface area contributed by atoms with Gasteiger partial charge in [-0.15, -0.1) is 0 Å². The van der Waals surface area contributed by atoms with Crippen LogP contribution in [-0.2, 0) is 30.4 Å². The zero-order valence-electron chi connectivity index (χ0n) is 20.3. The van der Waals surface area contributed by atoms with Crippen LogP contribution in [0.4, 0.5) is 0 Å². The number of aromatic amines is 1. The molecule has 0 aliphatic heterocycles. The van der Waals surface area contributed by atoms with Crippen LogP contribution < -0.4 is 27.4 Å². The Hall–Kier alpha value is -4.01. The fraction of sp³-hybridized carbons (Fsp3) is 0.435. The van der Waals surface area contributed by atoms with Gasteiger partial charge in [0.2, 0.25) is 23.6 Å². The van der Waals surface area contributed by atoms with E-state index in [1.807, 2.05) is 6.07 Å². The van der Waals surface area contributed by atoms with Gasteiger partial charge < -0.3 is 47.7 Å². The van der Waals surface area contributed by atoms with Crippen molar-refractivity contribution in [2.24, 2.45) is 11.5 Å². The molecule has 6 atom stereocenters. The van der Waals surface area contributed by atoms with Gasteiger partial charge in [0.05, 0.1) is 24.7 Å². The Balaban J connectivity index is 2.30. The molecule has 14 nitrogen and oxygen atoms in total. The van der Waals surface area contributed by atoms with Crippen LogP contribution in [0.3, 0.4) is 0 Å². The Morgan fingerprint density at radius 2 is 1.51 bits per heavy atom. The van der Waals surface area contributed by atoms with E-state index >= 15 is 0 Å². The summed E-state index contributed by atoms with van der Waals surface area (Å²) in [6.07, 6.45) is -1.84. The Morgan fingerprint density at radius 1 is 0.919 bits per heavy atom. The Kier molecular flexibility index (Phi) is 10.1. The molecular weight excluding hydrogens is 488 g/mol. The summed E-state index contributed by atoms with van der Waals surface area (Å²) in [5, 5.41) is 36.5. The van der Waals surface area contributed by atoms with Crippen molar-refractivity contribution in [3.8, 4) is 0 Å². The minimum Gasteiger partial charge on any atom is -0.480 e. The lowest BCUT2D eigenvalue weighted by atomic mass is 10.0. The van der Waals surface area contributed by atoms with Gasteiger partial charge in [-0.05, 0) is 25.5 Å². The van der Waals surface area contributed by atoms with Crippen LogP contribution >= 0.6 is 0 Å². The number of benzene rings is 1. The number of carbonyl (C=O) groups is 5. The molecule has 1 aromatic carbocycles. The Bertz CT molecular complexity index is 1150. The first-order valence-electron chi connectivity index (χ1n) is 11.4. The number of carboxylic acid groups (broad SMARTS) is 1. The summed E-state index contributed by atoms with van der Waals surface area (Å²) in [4.78, 5) is 64.0. The van der Waals surface area contributed by atoms with Crippen LogP contribution in [0.1, 0.15) is 25.8 Å². The van der Waals surface area contributed by atoms with Gasteiger partial charge in [-0.1, -0.05) is 18.2 Å². The molecule has 1 aromatic heterocycles. The maximum absolute atomic E-state index is 13.2. The van der Waals surface area contributed by atoms with E-state index in [-0.39, 0.29) is 6.42 Å². The topological polar surface area (TPSA) is 250 Å². The van der Waals surface area contributed by atoms with Gasteiger partial charge in [-0.2, -0.15) is 0 Å². The van der Waals surface area contributed by atoms with Crippen molar-refractivity contribution in [1.29, 1.82) is 0 Å². The fourth-order valence-electron chi connectivity index (χ4n) is 3.61. The third-order valence-corrected chi connectivity index (χ3v) is 5.60. The zero-order chi connectivity index (χ0) is 27.9. The first-order valence-corrected chi connectivity index (χ1v) is 11.4. The van der Waals surface area contributed by atoms with Crippen molar-refractivity contribution in [3.05, 3.63) is 36.0 Å². The lowest BCUT2D eigenvalue weighted by Crippen LogP contribution is -2.61. The summed E-state index contributed by atoms with van der Waals surface area (Å²) in [5.74, 6) is -5.16. The molecule has 2 aromatic rings. The number of fused-ring (bicyclic) bond motifs is 1. The maximum Gasteiger partial charge on any atom is 0.328 e. The number of carbonyl (C=O) groups excluding carboxylic acids is 4. The van der Waals surface area contributed by atoms with E-state index in [0.717, 1.165) is 17.8 Å². The highest BCUT2D eigenvalue weighted by Crippen LogP contribution is 2.19. The van der Waals surface area contributed by atoms with Crippen LogP contribution in [0.15, 0.2) is 30.5 Å². The highest BCUT2D eigenvalue weighted by Gasteiger charge is 2.34. The van der Waals surface area contributed by atoms with Crippen LogP contribution in [0.25, 0.3) is 10.9 Å². The lowest BCUT2D eigenvalue weighted by molar-refractivity contribution is -0.146. The molecule has 2 rings (SSSR count). The molecule has 0 radical (unpaired) electrons. The molecular formula is C23H32N6O8. The first kappa shape index (κ1) is 29.2. The molecule has 0 fully saturated rings. The standard InChI is InChI=1S/C23H32N6O8/c1-10(30)18(22(35)29-19(11(2)31)23(36)37)28-21(34)16(27-20(33)14(24)8-17(25)32)7-12-9-26-15-6-4-3-5-13(12)15/h3-6,9-11,14,16,18-19,26,30-31H,7-8,24H2,1-2H3,(H2,25,32)(H,27,33)(H,28,34)(H,29,35)(H,36,37). The van der Waals surface area contributed by atoms with E-state index in [0.29, 0.717) is 5.56 Å². The molecule has 0 saturated heterocycles. The molecule has 202 valence electrons. The molecule has 0 bridgehead atoms. The van der Waals surface area contributed by atoms with Crippen molar-refractivity contribution in [1.82, 2.24) is 20.9 Å². The van der Waals surface area contributed by atoms with E-state index in [1.54, 1.807) is 24.4 Å². The normalized spacial score (nSPS) is 16.0. The summed E-state index contributed by atoms with van der Waals surface area (Å²) in [5.41, 5.74) is 12.2. The molecule has 0 aliphatic carbocycles. The molecule has 11 N–H and O–H groups in total. The average molecular weight is 521 g/mol. The lowest BCUT2D eigenvalue weighted by Gasteiger charge is -2.27. The Labute approximate surface area is 211 Å². The molecule has 14 heteroatoms. The SMILES string of the molecule is CC(O)C(NC(=O)C(NC(=O)C(Cc1c[nH]c2ccccc12)NC(=O)C(N)CC(N)=O)C(C)O)C(=O)O. The third kappa shape index (κ3) is 7.99. The summed E-state index contributed by atoms with van der Waals surface area (Å²) < 4.78 is 0. The molecule has 0 saturated carbocycles. The number of aliphatic hydroxyl groups excluding tert-OH is 2. The predicted octanol–water partition coefficient (Wildman–Crippen LogP) is -2.79. The molecule has 0 aliphatic rings. The van der Waals surface area contributed by atoms with E-state index < -0.39 is 72.4 Å². The second-order valence-electron chi connectivity index (χ2n) is 8.69. The minimum atomic E-state index is -1.70. The smallest absolute Gasteiger partial charge is 0.328 e. The second-order valence-corrected chi connectivity index (χ2v) is 8.69. The van der Waals surface area contributed by atoms with Gasteiger partial charge in [0.25, 0.3) is 0 Å². The highest BCUT2D eigenvalue weighted by molar-refractivity contribution is 5.96. The molecule has 37 heavy (non-hydrogen) atoms. The van der Waals surface area contributed by atoms with Crippen molar-refractivity contribution in [3.63, 3.8) is 0 Å². The van der Waals surface area contributed by atoms with Gasteiger partial charge in [-0.3, -0.25) is 19.2 Å². The molecule has 6 unspecified atom stereocenters. The molecule has 0 spiro atoms. The summed E-state index contributed by atoms with van der Waals surface area (Å²) >= 11 is 0. The van der Waals surface area contributed by atoms with Crippen LogP contribution in [0.2, 0.25) is 0 Å². The van der Waals surface area contributed by atoms with Crippen molar-refractivity contribution in [2.45, 2.75) is 63.1 Å². The maximum atomic E-state index is 13.2. The second kappa shape index (κ2) is 12.8. The summed E-state index contributed by atoms with van der Waals surface area (Å²) in [7, 11) is 0. The van der Waals surface area contributed by atoms with Gasteiger partial charge in [0, 0.05) is 23.5 Å². The monoisotopic (exact) mass is 520 g/mol. The van der Waals surface area contributed by atoms with E-state index in [4.69, 9.17) is 11.5 Å². The number of aliphatic carboxylic acids is 1. The predicted molar refractivity (Wildman–Crippen MR) is 131 cm³/mol. The first-order chi connectivity index (χ1) is 17.3. The number of aliphatic hydroxyl groups is 2. The van der Waals surface area contributed by atoms with Gasteiger partial charge in [0.1, 0.15) is 12.1 Å². The number of nitrogens with two attached hydrogens (primary N) is 2. The third-order valence-electron chi connectivity index (χ3n) is 5.60. The van der Waals surface area contributed by atoms with Crippen LogP contribution in [0.5, 0.6) is 0 Å². The van der Waals surface area contributed by atoms with Crippen molar-refractivity contribution < 1.29 is 39.3 Å². The van der Waals surface area contributed by atoms with Gasteiger partial charge >= 0.3 is 5.97 Å². The number of para-hydroxylation sites is 1. The fourth-order valence-corrected chi connectivity index (χ4v) is 3.61. The van der Waals surface area contributed by atoms with E-state index in [9.17, 15) is 39.3 Å². The molecule has 1 heterocycles.